The number of carbonyl (C=O) groups is 1. The van der Waals surface area contributed by atoms with Crippen molar-refractivity contribution in [2.75, 3.05) is 6.61 Å². The van der Waals surface area contributed by atoms with Gasteiger partial charge in [0.05, 0.1) is 0 Å². The number of aromatic nitrogens is 1. The minimum absolute atomic E-state index is 0.0656. The summed E-state index contributed by atoms with van der Waals surface area (Å²) in [6.45, 7) is 0.0656. The van der Waals surface area contributed by atoms with E-state index in [9.17, 15) is 4.79 Å². The molecule has 0 aliphatic carbocycles. The van der Waals surface area contributed by atoms with Gasteiger partial charge >= 0.3 is 0 Å². The first kappa shape index (κ1) is 9.36. The second kappa shape index (κ2) is 4.33. The number of carbonyl (C=O) groups excluding carboxylic acids is 1. The van der Waals surface area contributed by atoms with Crippen molar-refractivity contribution in [3.63, 3.8) is 0 Å². The van der Waals surface area contributed by atoms with Crippen LogP contribution in [-0.2, 0) is 11.9 Å². The van der Waals surface area contributed by atoms with Gasteiger partial charge in [0, 0.05) is 13.2 Å². The number of hydrogen-bond donors (Lipinski definition) is 1. The number of amides is 1. The van der Waals surface area contributed by atoms with Gasteiger partial charge in [-0.1, -0.05) is 5.92 Å². The quantitative estimate of drug-likeness (QED) is 0.411. The van der Waals surface area contributed by atoms with Crippen LogP contribution in [0.4, 0.5) is 0 Å². The Kier molecular flexibility index (Phi) is 3.12. The van der Waals surface area contributed by atoms with E-state index in [0.717, 1.165) is 0 Å². The van der Waals surface area contributed by atoms with Crippen LogP contribution < -0.4 is 5.48 Å². The summed E-state index contributed by atoms with van der Waals surface area (Å²) in [5.74, 6) is 1.94. The molecule has 0 aliphatic heterocycles. The van der Waals surface area contributed by atoms with Gasteiger partial charge in [0.2, 0.25) is 0 Å². The van der Waals surface area contributed by atoms with Crippen molar-refractivity contribution in [3.8, 4) is 12.3 Å². The summed E-state index contributed by atoms with van der Waals surface area (Å²) in [5.41, 5.74) is 2.75. The van der Waals surface area contributed by atoms with E-state index in [1.54, 1.807) is 29.9 Å². The van der Waals surface area contributed by atoms with Crippen molar-refractivity contribution in [1.29, 1.82) is 0 Å². The maximum absolute atomic E-state index is 11.3. The van der Waals surface area contributed by atoms with Gasteiger partial charge in [0.25, 0.3) is 5.91 Å². The fourth-order valence-electron chi connectivity index (χ4n) is 0.893. The van der Waals surface area contributed by atoms with E-state index in [1.807, 2.05) is 0 Å². The number of hydrogen-bond acceptors (Lipinski definition) is 2. The Hall–Kier alpha value is -1.73. The van der Waals surface area contributed by atoms with E-state index in [2.05, 4.69) is 16.2 Å². The number of hydroxylamine groups is 1. The molecule has 1 heterocycles. The monoisotopic (exact) mass is 178 g/mol. The van der Waals surface area contributed by atoms with Gasteiger partial charge in [-0.25, -0.2) is 5.48 Å². The van der Waals surface area contributed by atoms with Gasteiger partial charge in [0.15, 0.2) is 0 Å². The Labute approximate surface area is 76.5 Å². The number of nitrogens with zero attached hydrogens (tertiary/aromatic N) is 1. The summed E-state index contributed by atoms with van der Waals surface area (Å²) >= 11 is 0. The van der Waals surface area contributed by atoms with Gasteiger partial charge in [-0.3, -0.25) is 9.63 Å². The van der Waals surface area contributed by atoms with Gasteiger partial charge in [0.1, 0.15) is 12.3 Å². The van der Waals surface area contributed by atoms with E-state index in [-0.39, 0.29) is 12.5 Å². The summed E-state index contributed by atoms with van der Waals surface area (Å²) < 4.78 is 1.69. The van der Waals surface area contributed by atoms with Crippen molar-refractivity contribution in [3.05, 3.63) is 24.0 Å². The van der Waals surface area contributed by atoms with Gasteiger partial charge in [-0.2, -0.15) is 0 Å². The molecule has 0 bridgehead atoms. The molecule has 0 saturated carbocycles. The minimum Gasteiger partial charge on any atom is -0.347 e. The van der Waals surface area contributed by atoms with Crippen LogP contribution >= 0.6 is 0 Å². The van der Waals surface area contributed by atoms with Crippen molar-refractivity contribution < 1.29 is 9.63 Å². The highest BCUT2D eigenvalue weighted by Crippen LogP contribution is 1.98. The number of aryl methyl sites for hydroxylation is 1. The van der Waals surface area contributed by atoms with Crippen molar-refractivity contribution >= 4 is 5.91 Å². The molecule has 13 heavy (non-hydrogen) atoms. The highest BCUT2D eigenvalue weighted by molar-refractivity contribution is 5.91. The average Bonchev–Trinajstić information content (AvgIpc) is 2.52. The highest BCUT2D eigenvalue weighted by atomic mass is 16.6. The molecular weight excluding hydrogens is 168 g/mol. The molecule has 1 rings (SSSR count). The molecule has 0 radical (unpaired) electrons. The lowest BCUT2D eigenvalue weighted by atomic mass is 10.4. The summed E-state index contributed by atoms with van der Waals surface area (Å²) in [6.07, 6.45) is 6.71. The first-order valence-corrected chi connectivity index (χ1v) is 3.72. The van der Waals surface area contributed by atoms with E-state index in [0.29, 0.717) is 5.69 Å². The molecular formula is C9H10N2O2. The zero-order valence-electron chi connectivity index (χ0n) is 7.28. The van der Waals surface area contributed by atoms with Crippen molar-refractivity contribution in [2.45, 2.75) is 0 Å². The largest absolute Gasteiger partial charge is 0.347 e. The zero-order valence-corrected chi connectivity index (χ0v) is 7.28. The Bertz CT molecular complexity index is 336. The third kappa shape index (κ3) is 2.36. The second-order valence-electron chi connectivity index (χ2n) is 2.43. The van der Waals surface area contributed by atoms with Crippen LogP contribution in [0.25, 0.3) is 0 Å². The van der Waals surface area contributed by atoms with Crippen molar-refractivity contribution in [2.24, 2.45) is 7.05 Å². The van der Waals surface area contributed by atoms with Gasteiger partial charge in [-0.15, -0.1) is 6.42 Å². The number of nitrogens with one attached hydrogen (secondary N) is 1. The van der Waals surface area contributed by atoms with Gasteiger partial charge in [-0.05, 0) is 12.1 Å². The van der Waals surface area contributed by atoms with Crippen LogP contribution in [0.1, 0.15) is 10.5 Å². The Morgan fingerprint density at radius 1 is 1.85 bits per heavy atom. The lowest BCUT2D eigenvalue weighted by molar-refractivity contribution is 0.0430. The summed E-state index contributed by atoms with van der Waals surface area (Å²) in [6, 6.07) is 3.46. The predicted molar refractivity (Wildman–Crippen MR) is 47.7 cm³/mol. The summed E-state index contributed by atoms with van der Waals surface area (Å²) in [7, 11) is 1.77. The van der Waals surface area contributed by atoms with Crippen LogP contribution in [0.2, 0.25) is 0 Å². The molecule has 0 spiro atoms. The fraction of sp³-hybridized carbons (Fsp3) is 0.222. The normalized spacial score (nSPS) is 9.23. The predicted octanol–water partition coefficient (Wildman–Crippen LogP) is 0.320. The number of rotatable bonds is 3. The molecule has 1 aromatic heterocycles. The van der Waals surface area contributed by atoms with E-state index >= 15 is 0 Å². The Balaban J connectivity index is 2.50. The minimum atomic E-state index is -0.303. The van der Waals surface area contributed by atoms with E-state index in [1.165, 1.54) is 0 Å². The maximum atomic E-state index is 11.3. The van der Waals surface area contributed by atoms with Crippen LogP contribution in [0, 0.1) is 12.3 Å². The fourth-order valence-corrected chi connectivity index (χ4v) is 0.893. The molecule has 68 valence electrons. The lowest BCUT2D eigenvalue weighted by Crippen LogP contribution is -2.25. The molecule has 4 heteroatoms. The van der Waals surface area contributed by atoms with Crippen LogP contribution in [-0.4, -0.2) is 17.1 Å². The SMILES string of the molecule is C#CCONC(=O)c1cccn1C. The van der Waals surface area contributed by atoms with Crippen LogP contribution in [0.3, 0.4) is 0 Å². The lowest BCUT2D eigenvalue weighted by Gasteiger charge is -2.03. The molecule has 1 N–H and O–H groups in total. The highest BCUT2D eigenvalue weighted by Gasteiger charge is 2.07. The second-order valence-corrected chi connectivity index (χ2v) is 2.43. The Morgan fingerprint density at radius 2 is 2.62 bits per heavy atom. The van der Waals surface area contributed by atoms with Gasteiger partial charge < -0.3 is 4.57 Å². The molecule has 0 aromatic carbocycles. The third-order valence-electron chi connectivity index (χ3n) is 1.50. The standard InChI is InChI=1S/C9H10N2O2/c1-3-7-13-10-9(12)8-5-4-6-11(8)2/h1,4-6H,7H2,2H3,(H,10,12). The zero-order chi connectivity index (χ0) is 9.68. The molecule has 0 unspecified atom stereocenters. The number of terminal acetylenes is 1. The summed E-state index contributed by atoms with van der Waals surface area (Å²) in [5, 5.41) is 0. The topological polar surface area (TPSA) is 43.3 Å². The maximum Gasteiger partial charge on any atom is 0.291 e. The van der Waals surface area contributed by atoms with E-state index in [4.69, 9.17) is 6.42 Å². The van der Waals surface area contributed by atoms with Crippen molar-refractivity contribution in [1.82, 2.24) is 10.0 Å². The first-order valence-electron chi connectivity index (χ1n) is 3.72. The van der Waals surface area contributed by atoms with Crippen LogP contribution in [0.15, 0.2) is 18.3 Å². The molecule has 4 nitrogen and oxygen atoms in total. The third-order valence-corrected chi connectivity index (χ3v) is 1.50. The molecule has 0 aliphatic rings. The smallest absolute Gasteiger partial charge is 0.291 e. The van der Waals surface area contributed by atoms with E-state index < -0.39 is 0 Å². The van der Waals surface area contributed by atoms with Crippen LogP contribution in [0.5, 0.6) is 0 Å². The molecule has 0 fully saturated rings. The average molecular weight is 178 g/mol. The molecule has 1 aromatic rings. The Morgan fingerprint density at radius 3 is 3.15 bits per heavy atom. The first-order chi connectivity index (χ1) is 6.25. The molecule has 0 atom stereocenters. The summed E-state index contributed by atoms with van der Waals surface area (Å²) in [4.78, 5) is 16.0. The molecule has 1 amide bonds. The molecule has 0 saturated heterocycles.